The molecule has 0 fully saturated rings. The van der Waals surface area contributed by atoms with Crippen LogP contribution in [-0.4, -0.2) is 33.3 Å². The first-order valence-corrected chi connectivity index (χ1v) is 10.8. The van der Waals surface area contributed by atoms with E-state index in [1.807, 2.05) is 0 Å². The van der Waals surface area contributed by atoms with Crippen LogP contribution in [-0.2, 0) is 14.8 Å². The van der Waals surface area contributed by atoms with Crippen molar-refractivity contribution in [1.29, 1.82) is 0 Å². The summed E-state index contributed by atoms with van der Waals surface area (Å²) in [6.07, 6.45) is 0. The predicted octanol–water partition coefficient (Wildman–Crippen LogP) is 2.70. The molecule has 0 spiro atoms. The Labute approximate surface area is 167 Å². The second-order valence-corrected chi connectivity index (χ2v) is 9.54. The Hall–Kier alpha value is -2.10. The molecule has 0 aliphatic carbocycles. The van der Waals surface area contributed by atoms with Gasteiger partial charge in [-0.25, -0.2) is 8.42 Å². The third-order valence-electron chi connectivity index (χ3n) is 3.46. The first-order valence-electron chi connectivity index (χ1n) is 8.14. The molecule has 0 unspecified atom stereocenters. The lowest BCUT2D eigenvalue weighted by molar-refractivity contribution is -0.123. The maximum absolute atomic E-state index is 12.5. The normalized spacial score (nSPS) is 11.3. The molecule has 2 amide bonds. The summed E-state index contributed by atoms with van der Waals surface area (Å²) in [5.74, 6) is -0.690. The lowest BCUT2D eigenvalue weighted by Crippen LogP contribution is -2.36. The zero-order valence-corrected chi connectivity index (χ0v) is 17.2. The lowest BCUT2D eigenvalue weighted by Gasteiger charge is -2.12. The van der Waals surface area contributed by atoms with E-state index < -0.39 is 15.9 Å². The van der Waals surface area contributed by atoms with E-state index in [-0.39, 0.29) is 40.4 Å². The van der Waals surface area contributed by atoms with Gasteiger partial charge in [0.15, 0.2) is 0 Å². The summed E-state index contributed by atoms with van der Waals surface area (Å²) in [7, 11) is -3.85. The quantitative estimate of drug-likeness (QED) is 0.561. The summed E-state index contributed by atoms with van der Waals surface area (Å²) >= 11 is 6.72. The molecule has 2 rings (SSSR count). The Morgan fingerprint density at radius 3 is 2.37 bits per heavy atom. The fourth-order valence-electron chi connectivity index (χ4n) is 2.07. The molecule has 0 saturated carbocycles. The number of halogens is 1. The van der Waals surface area contributed by atoms with Crippen LogP contribution in [0.1, 0.15) is 24.2 Å². The van der Waals surface area contributed by atoms with Gasteiger partial charge in [0.1, 0.15) is 4.21 Å². The molecule has 1 aromatic heterocycles. The molecule has 0 bridgehead atoms. The average Bonchev–Trinajstić information content (AvgIpc) is 3.05. The van der Waals surface area contributed by atoms with E-state index in [1.54, 1.807) is 26.0 Å². The molecule has 27 heavy (non-hydrogen) atoms. The van der Waals surface area contributed by atoms with E-state index >= 15 is 0 Å². The standard InChI is InChI=1S/C17H20ClN3O4S2/c1-11(2)16(22)19-9-10-20-17(23)12-5-3-4-6-13(12)21-27(24,25)15-8-7-14(18)26-15/h3-8,11,21H,9-10H2,1-2H3,(H,19,22)(H,20,23). The van der Waals surface area contributed by atoms with Crippen LogP contribution in [0.3, 0.4) is 0 Å². The molecule has 0 aliphatic rings. The number of amides is 2. The van der Waals surface area contributed by atoms with Crippen molar-refractivity contribution in [2.24, 2.45) is 5.92 Å². The first kappa shape index (κ1) is 21.2. The molecule has 0 saturated heterocycles. The van der Waals surface area contributed by atoms with Gasteiger partial charge in [-0.3, -0.25) is 14.3 Å². The van der Waals surface area contributed by atoms with Crippen molar-refractivity contribution in [3.05, 3.63) is 46.3 Å². The topological polar surface area (TPSA) is 104 Å². The van der Waals surface area contributed by atoms with E-state index in [0.717, 1.165) is 11.3 Å². The average molecular weight is 430 g/mol. The van der Waals surface area contributed by atoms with Gasteiger partial charge in [0, 0.05) is 19.0 Å². The van der Waals surface area contributed by atoms with Crippen LogP contribution < -0.4 is 15.4 Å². The summed E-state index contributed by atoms with van der Waals surface area (Å²) in [5.41, 5.74) is 0.338. The number of nitrogens with one attached hydrogen (secondary N) is 3. The second-order valence-electron chi connectivity index (χ2n) is 5.91. The van der Waals surface area contributed by atoms with Crippen LogP contribution in [0, 0.1) is 5.92 Å². The molecule has 10 heteroatoms. The Morgan fingerprint density at radius 1 is 1.07 bits per heavy atom. The Morgan fingerprint density at radius 2 is 1.74 bits per heavy atom. The Balaban J connectivity index is 2.04. The molecular weight excluding hydrogens is 410 g/mol. The van der Waals surface area contributed by atoms with Crippen LogP contribution in [0.4, 0.5) is 5.69 Å². The highest BCUT2D eigenvalue weighted by Crippen LogP contribution is 2.28. The number of hydrogen-bond donors (Lipinski definition) is 3. The number of hydrogen-bond acceptors (Lipinski definition) is 5. The second kappa shape index (κ2) is 9.20. The van der Waals surface area contributed by atoms with Crippen LogP contribution in [0.25, 0.3) is 0 Å². The minimum absolute atomic E-state index is 0.0547. The van der Waals surface area contributed by atoms with Crippen LogP contribution in [0.5, 0.6) is 0 Å². The van der Waals surface area contributed by atoms with Gasteiger partial charge < -0.3 is 10.6 Å². The number of anilines is 1. The molecular formula is C17H20ClN3O4S2. The zero-order chi connectivity index (χ0) is 20.0. The zero-order valence-electron chi connectivity index (χ0n) is 14.8. The van der Waals surface area contributed by atoms with Crippen LogP contribution in [0.15, 0.2) is 40.6 Å². The molecule has 146 valence electrons. The third-order valence-corrected chi connectivity index (χ3v) is 6.55. The largest absolute Gasteiger partial charge is 0.354 e. The van der Waals surface area contributed by atoms with Crippen molar-refractivity contribution in [2.45, 2.75) is 18.1 Å². The van der Waals surface area contributed by atoms with E-state index in [4.69, 9.17) is 11.6 Å². The van der Waals surface area contributed by atoms with E-state index in [2.05, 4.69) is 15.4 Å². The summed E-state index contributed by atoms with van der Waals surface area (Å²) in [5, 5.41) is 5.35. The molecule has 0 atom stereocenters. The van der Waals surface area contributed by atoms with E-state index in [9.17, 15) is 18.0 Å². The van der Waals surface area contributed by atoms with Crippen LogP contribution in [0.2, 0.25) is 4.34 Å². The SMILES string of the molecule is CC(C)C(=O)NCCNC(=O)c1ccccc1NS(=O)(=O)c1ccc(Cl)s1. The fourth-order valence-corrected chi connectivity index (χ4v) is 4.63. The number of rotatable bonds is 8. The molecule has 0 radical (unpaired) electrons. The molecule has 1 aromatic carbocycles. The highest BCUT2D eigenvalue weighted by atomic mass is 35.5. The number of para-hydroxylation sites is 1. The van der Waals surface area contributed by atoms with E-state index in [0.29, 0.717) is 4.34 Å². The number of benzene rings is 1. The van der Waals surface area contributed by atoms with Crippen molar-refractivity contribution in [3.8, 4) is 0 Å². The van der Waals surface area contributed by atoms with Gasteiger partial charge in [-0.05, 0) is 24.3 Å². The van der Waals surface area contributed by atoms with Gasteiger partial charge in [-0.15, -0.1) is 11.3 Å². The third kappa shape index (κ3) is 5.95. The number of carbonyl (C=O) groups is 2. The van der Waals surface area contributed by atoms with Gasteiger partial charge in [0.05, 0.1) is 15.6 Å². The summed E-state index contributed by atoms with van der Waals surface area (Å²) < 4.78 is 27.7. The van der Waals surface area contributed by atoms with Crippen LogP contribution >= 0.6 is 22.9 Å². The van der Waals surface area contributed by atoms with Gasteiger partial charge in [-0.1, -0.05) is 37.6 Å². The Kier molecular flexibility index (Phi) is 7.23. The summed E-state index contributed by atoms with van der Waals surface area (Å²) in [4.78, 5) is 23.9. The lowest BCUT2D eigenvalue weighted by atomic mass is 10.1. The number of carbonyl (C=O) groups excluding carboxylic acids is 2. The minimum Gasteiger partial charge on any atom is -0.354 e. The highest BCUT2D eigenvalue weighted by molar-refractivity contribution is 7.94. The molecule has 7 nitrogen and oxygen atoms in total. The Bertz CT molecular complexity index is 926. The predicted molar refractivity (Wildman–Crippen MR) is 107 cm³/mol. The molecule has 2 aromatic rings. The highest BCUT2D eigenvalue weighted by Gasteiger charge is 2.20. The van der Waals surface area contributed by atoms with E-state index in [1.165, 1.54) is 24.3 Å². The number of thiophene rings is 1. The first-order chi connectivity index (χ1) is 12.7. The fraction of sp³-hybridized carbons (Fsp3) is 0.294. The smallest absolute Gasteiger partial charge is 0.271 e. The van der Waals surface area contributed by atoms with Crippen molar-refractivity contribution in [3.63, 3.8) is 0 Å². The summed E-state index contributed by atoms with van der Waals surface area (Å²) in [6, 6.07) is 9.16. The number of sulfonamides is 1. The van der Waals surface area contributed by atoms with Crippen molar-refractivity contribution < 1.29 is 18.0 Å². The molecule has 1 heterocycles. The summed E-state index contributed by atoms with van der Waals surface area (Å²) in [6.45, 7) is 4.05. The van der Waals surface area contributed by atoms with Gasteiger partial charge in [0.25, 0.3) is 15.9 Å². The van der Waals surface area contributed by atoms with Crippen molar-refractivity contribution in [1.82, 2.24) is 10.6 Å². The maximum atomic E-state index is 12.5. The molecule has 0 aliphatic heterocycles. The molecule has 3 N–H and O–H groups in total. The van der Waals surface area contributed by atoms with Crippen molar-refractivity contribution >= 4 is 50.5 Å². The monoisotopic (exact) mass is 429 g/mol. The van der Waals surface area contributed by atoms with Gasteiger partial charge in [0.2, 0.25) is 5.91 Å². The van der Waals surface area contributed by atoms with Gasteiger partial charge >= 0.3 is 0 Å². The van der Waals surface area contributed by atoms with Gasteiger partial charge in [-0.2, -0.15) is 0 Å². The minimum atomic E-state index is -3.85. The van der Waals surface area contributed by atoms with Crippen molar-refractivity contribution in [2.75, 3.05) is 17.8 Å². The maximum Gasteiger partial charge on any atom is 0.271 e.